The number of carbonyl (C=O) groups excluding carboxylic acids is 2. The van der Waals surface area contributed by atoms with Crippen LogP contribution in [-0.2, 0) is 14.3 Å². The van der Waals surface area contributed by atoms with Gasteiger partial charge in [-0.2, -0.15) is 0 Å². The number of halogens is 1. The van der Waals surface area contributed by atoms with E-state index in [1.807, 2.05) is 24.3 Å². The number of anilines is 1. The first-order valence-electron chi connectivity index (χ1n) is 11.6. The molecule has 8 heteroatoms. The number of hydrogen-bond donors (Lipinski definition) is 2. The molecule has 1 aromatic rings. The van der Waals surface area contributed by atoms with E-state index in [1.54, 1.807) is 38.6 Å². The van der Waals surface area contributed by atoms with Crippen LogP contribution in [0, 0.1) is 5.92 Å². The lowest BCUT2D eigenvalue weighted by atomic mass is 9.95. The van der Waals surface area contributed by atoms with Crippen LogP contribution in [0.25, 0.3) is 0 Å². The van der Waals surface area contributed by atoms with E-state index in [9.17, 15) is 14.0 Å². The second-order valence-electron chi connectivity index (χ2n) is 8.17. The molecule has 2 aliphatic rings. The Kier molecular flexibility index (Phi) is 9.59. The van der Waals surface area contributed by atoms with E-state index >= 15 is 0 Å². The summed E-state index contributed by atoms with van der Waals surface area (Å²) < 4.78 is 17.7. The van der Waals surface area contributed by atoms with Gasteiger partial charge < -0.3 is 20.3 Å². The number of ether oxygens (including phenoxy) is 1. The highest BCUT2D eigenvalue weighted by Crippen LogP contribution is 2.23. The SMILES string of the molecule is COC1=CCC=C(NC(=O)/C(C)=C(/C=C\C=C\F)NC(=O)C2CCN(c3ccncc3)CC2)C=C1. The molecule has 35 heavy (non-hydrogen) atoms. The molecular formula is C27H31FN4O3. The summed E-state index contributed by atoms with van der Waals surface area (Å²) in [4.78, 5) is 32.2. The molecule has 1 aliphatic heterocycles. The molecule has 2 N–H and O–H groups in total. The number of amides is 2. The zero-order valence-corrected chi connectivity index (χ0v) is 20.0. The van der Waals surface area contributed by atoms with Gasteiger partial charge in [-0.15, -0.1) is 0 Å². The summed E-state index contributed by atoms with van der Waals surface area (Å²) in [5.41, 5.74) is 2.35. The minimum absolute atomic E-state index is 0.155. The highest BCUT2D eigenvalue weighted by molar-refractivity contribution is 5.96. The van der Waals surface area contributed by atoms with Gasteiger partial charge in [0.25, 0.3) is 5.91 Å². The summed E-state index contributed by atoms with van der Waals surface area (Å²) >= 11 is 0. The van der Waals surface area contributed by atoms with E-state index in [2.05, 4.69) is 20.5 Å². The normalized spacial score (nSPS) is 17.5. The zero-order chi connectivity index (χ0) is 25.0. The molecular weight excluding hydrogens is 447 g/mol. The number of pyridine rings is 1. The number of allylic oxidation sites excluding steroid dienone is 7. The second-order valence-corrected chi connectivity index (χ2v) is 8.17. The standard InChI is InChI=1S/C27H31FN4O3/c1-20(26(33)30-22-6-5-7-24(35-2)10-9-22)25(8-3-4-15-28)31-27(34)21-13-18-32(19-14-21)23-11-16-29-17-12-23/h3-4,6-12,15-17,21H,5,13-14,18-19H2,1-2H3,(H,30,33)(H,31,34)/b8-3-,15-4+,25-20-. The maximum Gasteiger partial charge on any atom is 0.253 e. The molecule has 0 radical (unpaired) electrons. The number of carbonyl (C=O) groups is 2. The molecule has 2 heterocycles. The topological polar surface area (TPSA) is 83.6 Å². The van der Waals surface area contributed by atoms with Crippen molar-refractivity contribution in [2.45, 2.75) is 26.2 Å². The maximum atomic E-state index is 13.0. The van der Waals surface area contributed by atoms with Gasteiger partial charge in [0.2, 0.25) is 5.91 Å². The van der Waals surface area contributed by atoms with Gasteiger partial charge in [0, 0.05) is 54.1 Å². The third-order valence-corrected chi connectivity index (χ3v) is 5.92. The fraction of sp³-hybridized carbons (Fsp3) is 0.296. The van der Waals surface area contributed by atoms with E-state index in [-0.39, 0.29) is 17.7 Å². The van der Waals surface area contributed by atoms with Gasteiger partial charge >= 0.3 is 0 Å². The Morgan fingerprint density at radius 1 is 1.14 bits per heavy atom. The molecule has 0 bridgehead atoms. The lowest BCUT2D eigenvalue weighted by Gasteiger charge is -2.33. The molecule has 3 rings (SSSR count). The lowest BCUT2D eigenvalue weighted by molar-refractivity contribution is -0.124. The molecule has 0 saturated carbocycles. The maximum absolute atomic E-state index is 13.0. The van der Waals surface area contributed by atoms with Crippen molar-refractivity contribution in [1.82, 2.24) is 15.6 Å². The predicted molar refractivity (Wildman–Crippen MR) is 134 cm³/mol. The van der Waals surface area contributed by atoms with Crippen molar-refractivity contribution in [3.63, 3.8) is 0 Å². The highest BCUT2D eigenvalue weighted by atomic mass is 19.1. The number of methoxy groups -OCH3 is 1. The molecule has 184 valence electrons. The number of piperidine rings is 1. The summed E-state index contributed by atoms with van der Waals surface area (Å²) in [5, 5.41) is 5.74. The van der Waals surface area contributed by atoms with Crippen molar-refractivity contribution in [3.05, 3.63) is 96.1 Å². The quantitative estimate of drug-likeness (QED) is 0.432. The van der Waals surface area contributed by atoms with Crippen LogP contribution in [0.2, 0.25) is 0 Å². The Balaban J connectivity index is 1.67. The Bertz CT molecular complexity index is 1080. The fourth-order valence-electron chi connectivity index (χ4n) is 3.84. The van der Waals surface area contributed by atoms with E-state index in [0.29, 0.717) is 48.3 Å². The van der Waals surface area contributed by atoms with Crippen molar-refractivity contribution in [1.29, 1.82) is 0 Å². The summed E-state index contributed by atoms with van der Waals surface area (Å²) in [6.45, 7) is 3.12. The molecule has 1 aromatic heterocycles. The van der Waals surface area contributed by atoms with Crippen LogP contribution >= 0.6 is 0 Å². The number of nitrogens with zero attached hydrogens (tertiary/aromatic N) is 2. The number of hydrogen-bond acceptors (Lipinski definition) is 5. The minimum atomic E-state index is -0.363. The van der Waals surface area contributed by atoms with Gasteiger partial charge in [-0.3, -0.25) is 14.6 Å². The smallest absolute Gasteiger partial charge is 0.253 e. The minimum Gasteiger partial charge on any atom is -0.497 e. The Morgan fingerprint density at radius 3 is 2.57 bits per heavy atom. The Labute approximate surface area is 205 Å². The largest absolute Gasteiger partial charge is 0.497 e. The molecule has 1 aliphatic carbocycles. The van der Waals surface area contributed by atoms with Crippen LogP contribution in [0.15, 0.2) is 96.1 Å². The Morgan fingerprint density at radius 2 is 1.89 bits per heavy atom. The van der Waals surface area contributed by atoms with E-state index in [0.717, 1.165) is 18.8 Å². The van der Waals surface area contributed by atoms with E-state index < -0.39 is 0 Å². The fourth-order valence-corrected chi connectivity index (χ4v) is 3.84. The summed E-state index contributed by atoms with van der Waals surface area (Å²) in [6, 6.07) is 3.91. The van der Waals surface area contributed by atoms with Crippen molar-refractivity contribution >= 4 is 17.5 Å². The Hall–Kier alpha value is -3.94. The van der Waals surface area contributed by atoms with Crippen molar-refractivity contribution in [3.8, 4) is 0 Å². The first kappa shape index (κ1) is 25.7. The zero-order valence-electron chi connectivity index (χ0n) is 20.0. The third-order valence-electron chi connectivity index (χ3n) is 5.92. The monoisotopic (exact) mass is 478 g/mol. The molecule has 1 fully saturated rings. The summed E-state index contributed by atoms with van der Waals surface area (Å²) in [7, 11) is 1.59. The molecule has 0 spiro atoms. The number of aromatic nitrogens is 1. The summed E-state index contributed by atoms with van der Waals surface area (Å²) in [5.74, 6) is 0.00751. The van der Waals surface area contributed by atoms with Crippen molar-refractivity contribution < 1.29 is 18.7 Å². The van der Waals surface area contributed by atoms with Gasteiger partial charge in [-0.25, -0.2) is 4.39 Å². The molecule has 0 aromatic carbocycles. The van der Waals surface area contributed by atoms with Gasteiger partial charge in [0.1, 0.15) is 5.76 Å². The number of rotatable bonds is 8. The summed E-state index contributed by atoms with van der Waals surface area (Å²) in [6.07, 6.45) is 17.3. The highest BCUT2D eigenvalue weighted by Gasteiger charge is 2.26. The van der Waals surface area contributed by atoms with Crippen molar-refractivity contribution in [2.24, 2.45) is 5.92 Å². The lowest BCUT2D eigenvalue weighted by Crippen LogP contribution is -2.40. The number of nitrogens with one attached hydrogen (secondary N) is 2. The van der Waals surface area contributed by atoms with Crippen LogP contribution in [0.4, 0.5) is 10.1 Å². The molecule has 2 amide bonds. The van der Waals surface area contributed by atoms with Gasteiger partial charge in [0.05, 0.1) is 13.4 Å². The van der Waals surface area contributed by atoms with E-state index in [4.69, 9.17) is 4.74 Å². The van der Waals surface area contributed by atoms with Crippen LogP contribution in [-0.4, -0.2) is 37.0 Å². The van der Waals surface area contributed by atoms with Crippen LogP contribution in [0.1, 0.15) is 26.2 Å². The van der Waals surface area contributed by atoms with Crippen LogP contribution < -0.4 is 15.5 Å². The molecule has 0 atom stereocenters. The predicted octanol–water partition coefficient (Wildman–Crippen LogP) is 4.22. The van der Waals surface area contributed by atoms with Crippen molar-refractivity contribution in [2.75, 3.05) is 25.1 Å². The molecule has 1 saturated heterocycles. The molecule has 7 nitrogen and oxygen atoms in total. The van der Waals surface area contributed by atoms with Gasteiger partial charge in [0.15, 0.2) is 0 Å². The second kappa shape index (κ2) is 13.1. The van der Waals surface area contributed by atoms with E-state index in [1.165, 1.54) is 18.2 Å². The van der Waals surface area contributed by atoms with Gasteiger partial charge in [-0.1, -0.05) is 12.2 Å². The first-order valence-corrected chi connectivity index (χ1v) is 11.6. The van der Waals surface area contributed by atoms with Gasteiger partial charge in [-0.05, 0) is 68.7 Å². The first-order chi connectivity index (χ1) is 17.0. The third kappa shape index (κ3) is 7.53. The molecule has 0 unspecified atom stereocenters. The average Bonchev–Trinajstić information content (AvgIpc) is 3.13. The average molecular weight is 479 g/mol. The van der Waals surface area contributed by atoms with Crippen LogP contribution in [0.3, 0.4) is 0 Å². The van der Waals surface area contributed by atoms with Crippen LogP contribution in [0.5, 0.6) is 0 Å².